The van der Waals surface area contributed by atoms with Gasteiger partial charge in [-0.2, -0.15) is 0 Å². The van der Waals surface area contributed by atoms with Crippen LogP contribution >= 0.6 is 0 Å². The zero-order valence-electron chi connectivity index (χ0n) is 16.5. The Labute approximate surface area is 172 Å². The van der Waals surface area contributed by atoms with E-state index in [0.717, 1.165) is 0 Å². The van der Waals surface area contributed by atoms with E-state index in [1.165, 1.54) is 12.1 Å². The van der Waals surface area contributed by atoms with Crippen molar-refractivity contribution < 1.29 is 19.1 Å². The van der Waals surface area contributed by atoms with Crippen molar-refractivity contribution in [2.24, 2.45) is 0 Å². The number of aromatic nitrogens is 2. The van der Waals surface area contributed by atoms with Crippen LogP contribution in [0.5, 0.6) is 0 Å². The minimum absolute atomic E-state index is 0.196. The molecule has 0 radical (unpaired) electrons. The molecule has 1 amide bonds. The van der Waals surface area contributed by atoms with Crippen LogP contribution in [0.2, 0.25) is 0 Å². The van der Waals surface area contributed by atoms with Gasteiger partial charge in [-0.25, -0.2) is 14.4 Å². The largest absolute Gasteiger partial charge is 0.481 e. The highest BCUT2D eigenvalue weighted by atomic mass is 19.1. The van der Waals surface area contributed by atoms with Gasteiger partial charge in [0.05, 0.1) is 12.0 Å². The van der Waals surface area contributed by atoms with Gasteiger partial charge in [-0.15, -0.1) is 0 Å². The Balaban J connectivity index is 1.66. The van der Waals surface area contributed by atoms with Gasteiger partial charge in [0, 0.05) is 38.6 Å². The Hall–Kier alpha value is -3.55. The van der Waals surface area contributed by atoms with Crippen molar-refractivity contribution in [1.29, 1.82) is 0 Å². The second kappa shape index (κ2) is 8.06. The molecule has 8 heteroatoms. The summed E-state index contributed by atoms with van der Waals surface area (Å²) in [6, 6.07) is 7.71. The highest BCUT2D eigenvalue weighted by Gasteiger charge is 2.27. The van der Waals surface area contributed by atoms with Gasteiger partial charge >= 0.3 is 5.97 Å². The molecular formula is C22H21FN4O3. The molecule has 0 aliphatic carbocycles. The smallest absolute Gasteiger partial charge is 0.307 e. The van der Waals surface area contributed by atoms with Crippen molar-refractivity contribution in [2.75, 3.05) is 31.1 Å². The lowest BCUT2D eigenvalue weighted by molar-refractivity contribution is -0.136. The standard InChI is InChI=1S/C22H21FN4O3/c1-14-16(12-19(28)29)11-15-3-4-17(23)13-18(15)20(14)21(30)26-7-9-27(10-8-26)22-24-5-2-6-25-22/h2-6,11,13H,7-10,12H2,1H3,(H,28,29). The number of anilines is 1. The fourth-order valence-electron chi connectivity index (χ4n) is 3.87. The maximum atomic E-state index is 14.0. The molecule has 1 aliphatic heterocycles. The van der Waals surface area contributed by atoms with E-state index in [2.05, 4.69) is 9.97 Å². The van der Waals surface area contributed by atoms with E-state index in [1.807, 2.05) is 4.90 Å². The molecule has 1 aliphatic rings. The predicted octanol–water partition coefficient (Wildman–Crippen LogP) is 2.67. The third kappa shape index (κ3) is 3.80. The van der Waals surface area contributed by atoms with Gasteiger partial charge in [-0.3, -0.25) is 9.59 Å². The van der Waals surface area contributed by atoms with Gasteiger partial charge in [0.25, 0.3) is 5.91 Å². The van der Waals surface area contributed by atoms with Gasteiger partial charge in [-0.05, 0) is 47.0 Å². The second-order valence-corrected chi connectivity index (χ2v) is 7.30. The monoisotopic (exact) mass is 408 g/mol. The average Bonchev–Trinajstić information content (AvgIpc) is 2.75. The molecular weight excluding hydrogens is 387 g/mol. The Morgan fingerprint density at radius 2 is 1.80 bits per heavy atom. The highest BCUT2D eigenvalue weighted by Crippen LogP contribution is 2.29. The number of aliphatic carboxylic acids is 1. The fraction of sp³-hybridized carbons (Fsp3) is 0.273. The number of amides is 1. The average molecular weight is 408 g/mol. The molecule has 1 aromatic heterocycles. The van der Waals surface area contributed by atoms with Gasteiger partial charge in [0.1, 0.15) is 5.82 Å². The number of piperazine rings is 1. The van der Waals surface area contributed by atoms with Crippen LogP contribution in [0, 0.1) is 12.7 Å². The van der Waals surface area contributed by atoms with Crippen molar-refractivity contribution in [2.45, 2.75) is 13.3 Å². The minimum atomic E-state index is -0.977. The number of carbonyl (C=O) groups excluding carboxylic acids is 1. The maximum absolute atomic E-state index is 14.0. The molecule has 4 rings (SSSR count). The first-order valence-corrected chi connectivity index (χ1v) is 9.69. The quantitative estimate of drug-likeness (QED) is 0.714. The van der Waals surface area contributed by atoms with Gasteiger partial charge in [-0.1, -0.05) is 12.1 Å². The number of rotatable bonds is 4. The molecule has 0 unspecified atom stereocenters. The summed E-state index contributed by atoms with van der Waals surface area (Å²) in [4.78, 5) is 37.0. The summed E-state index contributed by atoms with van der Waals surface area (Å²) in [5, 5.41) is 10.4. The number of carboxylic acids is 1. The van der Waals surface area contributed by atoms with Crippen LogP contribution in [0.15, 0.2) is 42.7 Å². The normalized spacial score (nSPS) is 14.2. The van der Waals surface area contributed by atoms with Crippen LogP contribution in [0.4, 0.5) is 10.3 Å². The van der Waals surface area contributed by atoms with Crippen LogP contribution in [0.1, 0.15) is 21.5 Å². The summed E-state index contributed by atoms with van der Waals surface area (Å²) in [6.45, 7) is 3.82. The Morgan fingerprint density at radius 1 is 1.10 bits per heavy atom. The molecule has 3 aromatic rings. The Kier molecular flexibility index (Phi) is 5.31. The fourth-order valence-corrected chi connectivity index (χ4v) is 3.87. The van der Waals surface area contributed by atoms with Crippen LogP contribution in [0.3, 0.4) is 0 Å². The van der Waals surface area contributed by atoms with Crippen LogP contribution in [-0.4, -0.2) is 58.0 Å². The number of halogens is 1. The molecule has 2 aromatic carbocycles. The topological polar surface area (TPSA) is 86.6 Å². The minimum Gasteiger partial charge on any atom is -0.481 e. The molecule has 1 fully saturated rings. The third-order valence-corrected chi connectivity index (χ3v) is 5.43. The van der Waals surface area contributed by atoms with E-state index >= 15 is 0 Å². The van der Waals surface area contributed by atoms with E-state index < -0.39 is 11.8 Å². The number of fused-ring (bicyclic) bond motifs is 1. The predicted molar refractivity (Wildman–Crippen MR) is 110 cm³/mol. The molecule has 30 heavy (non-hydrogen) atoms. The lowest BCUT2D eigenvalue weighted by Gasteiger charge is -2.35. The molecule has 154 valence electrons. The number of carbonyl (C=O) groups is 2. The van der Waals surface area contributed by atoms with E-state index in [9.17, 15) is 19.1 Å². The number of hydrogen-bond donors (Lipinski definition) is 1. The molecule has 0 saturated carbocycles. The molecule has 7 nitrogen and oxygen atoms in total. The molecule has 0 atom stereocenters. The third-order valence-electron chi connectivity index (χ3n) is 5.43. The van der Waals surface area contributed by atoms with Crippen LogP contribution in [-0.2, 0) is 11.2 Å². The van der Waals surface area contributed by atoms with Gasteiger partial charge in [0.15, 0.2) is 0 Å². The summed E-state index contributed by atoms with van der Waals surface area (Å²) in [5.41, 5.74) is 1.50. The first kappa shape index (κ1) is 19.8. The first-order valence-electron chi connectivity index (χ1n) is 9.69. The summed E-state index contributed by atoms with van der Waals surface area (Å²) in [5.74, 6) is -1.01. The zero-order valence-corrected chi connectivity index (χ0v) is 16.5. The van der Waals surface area contributed by atoms with E-state index in [-0.39, 0.29) is 12.3 Å². The summed E-state index contributed by atoms with van der Waals surface area (Å²) in [6.07, 6.45) is 3.16. The van der Waals surface area contributed by atoms with E-state index in [4.69, 9.17) is 0 Å². The van der Waals surface area contributed by atoms with Gasteiger partial charge in [0.2, 0.25) is 5.95 Å². The zero-order chi connectivity index (χ0) is 21.3. The number of hydrogen-bond acceptors (Lipinski definition) is 5. The summed E-state index contributed by atoms with van der Waals surface area (Å²) >= 11 is 0. The first-order chi connectivity index (χ1) is 14.4. The Morgan fingerprint density at radius 3 is 2.47 bits per heavy atom. The van der Waals surface area contributed by atoms with Crippen molar-refractivity contribution >= 4 is 28.6 Å². The van der Waals surface area contributed by atoms with Crippen molar-refractivity contribution in [3.63, 3.8) is 0 Å². The van der Waals surface area contributed by atoms with Gasteiger partial charge < -0.3 is 14.9 Å². The van der Waals surface area contributed by atoms with E-state index in [1.54, 1.807) is 42.4 Å². The number of carboxylic acid groups (broad SMARTS) is 1. The second-order valence-electron chi connectivity index (χ2n) is 7.30. The lowest BCUT2D eigenvalue weighted by atomic mass is 9.92. The van der Waals surface area contributed by atoms with Crippen LogP contribution in [0.25, 0.3) is 10.8 Å². The molecule has 1 N–H and O–H groups in total. The molecule has 0 bridgehead atoms. The molecule has 0 spiro atoms. The lowest BCUT2D eigenvalue weighted by Crippen LogP contribution is -2.49. The highest BCUT2D eigenvalue weighted by molar-refractivity contribution is 6.09. The van der Waals surface area contributed by atoms with Crippen molar-refractivity contribution in [1.82, 2.24) is 14.9 Å². The van der Waals surface area contributed by atoms with Crippen LogP contribution < -0.4 is 4.90 Å². The summed E-state index contributed by atoms with van der Waals surface area (Å²) in [7, 11) is 0. The van der Waals surface area contributed by atoms with E-state index in [0.29, 0.717) is 59.6 Å². The summed E-state index contributed by atoms with van der Waals surface area (Å²) < 4.78 is 14.0. The number of benzene rings is 2. The van der Waals surface area contributed by atoms with Crippen molar-refractivity contribution in [3.8, 4) is 0 Å². The maximum Gasteiger partial charge on any atom is 0.307 e. The number of nitrogens with zero attached hydrogens (tertiary/aromatic N) is 4. The molecule has 1 saturated heterocycles. The van der Waals surface area contributed by atoms with Crippen molar-refractivity contribution in [3.05, 3.63) is 65.2 Å². The molecule has 2 heterocycles. The SMILES string of the molecule is Cc1c(CC(=O)O)cc2ccc(F)cc2c1C(=O)N1CCN(c2ncccn2)CC1. The Bertz CT molecular complexity index is 1110.